The van der Waals surface area contributed by atoms with E-state index >= 15 is 0 Å². The standard InChI is InChI=1S/C17H21N3O3S/c1-23-16(21)14-13(11-20-7-9-24-10-8-20)18-17(22)19-15(14)12-5-3-2-4-6-12/h2-6,15H,7-11H2,1H3,(H2,18,19,22)/t15-/m1/s1. The Labute approximate surface area is 145 Å². The summed E-state index contributed by atoms with van der Waals surface area (Å²) in [4.78, 5) is 26.8. The van der Waals surface area contributed by atoms with Crippen LogP contribution in [-0.4, -0.2) is 55.2 Å². The summed E-state index contributed by atoms with van der Waals surface area (Å²) in [6, 6.07) is 8.68. The first-order valence-electron chi connectivity index (χ1n) is 7.93. The number of esters is 1. The van der Waals surface area contributed by atoms with Crippen LogP contribution in [0.4, 0.5) is 4.79 Å². The summed E-state index contributed by atoms with van der Waals surface area (Å²) in [5.74, 6) is 1.71. The zero-order chi connectivity index (χ0) is 16.9. The van der Waals surface area contributed by atoms with Crippen molar-refractivity contribution in [3.63, 3.8) is 0 Å². The Hall–Kier alpha value is -1.99. The number of thioether (sulfide) groups is 1. The van der Waals surface area contributed by atoms with E-state index in [9.17, 15) is 9.59 Å². The molecule has 0 aromatic heterocycles. The van der Waals surface area contributed by atoms with E-state index in [1.807, 2.05) is 42.1 Å². The van der Waals surface area contributed by atoms with E-state index in [2.05, 4.69) is 15.5 Å². The summed E-state index contributed by atoms with van der Waals surface area (Å²) in [6.45, 7) is 2.44. The van der Waals surface area contributed by atoms with Crippen molar-refractivity contribution < 1.29 is 14.3 Å². The number of hydrogen-bond donors (Lipinski definition) is 2. The quantitative estimate of drug-likeness (QED) is 0.808. The highest BCUT2D eigenvalue weighted by atomic mass is 32.2. The topological polar surface area (TPSA) is 70.7 Å². The maximum atomic E-state index is 12.4. The summed E-state index contributed by atoms with van der Waals surface area (Å²) < 4.78 is 4.99. The number of carbonyl (C=O) groups is 2. The summed E-state index contributed by atoms with van der Waals surface area (Å²) in [5.41, 5.74) is 1.97. The van der Waals surface area contributed by atoms with Crippen LogP contribution in [0.25, 0.3) is 0 Å². The van der Waals surface area contributed by atoms with Gasteiger partial charge in [0.15, 0.2) is 0 Å². The van der Waals surface area contributed by atoms with Crippen LogP contribution in [-0.2, 0) is 9.53 Å². The largest absolute Gasteiger partial charge is 0.466 e. The first kappa shape index (κ1) is 16.9. The molecule has 128 valence electrons. The molecule has 2 heterocycles. The van der Waals surface area contributed by atoms with E-state index in [0.717, 1.165) is 30.2 Å². The summed E-state index contributed by atoms with van der Waals surface area (Å²) in [7, 11) is 1.36. The number of hydrogen-bond acceptors (Lipinski definition) is 5. The monoisotopic (exact) mass is 347 g/mol. The van der Waals surface area contributed by atoms with Crippen molar-refractivity contribution in [2.45, 2.75) is 6.04 Å². The van der Waals surface area contributed by atoms with Crippen LogP contribution in [0, 0.1) is 0 Å². The van der Waals surface area contributed by atoms with E-state index in [1.54, 1.807) is 0 Å². The van der Waals surface area contributed by atoms with Crippen molar-refractivity contribution in [2.75, 3.05) is 38.2 Å². The van der Waals surface area contributed by atoms with Gasteiger partial charge < -0.3 is 15.4 Å². The van der Waals surface area contributed by atoms with Gasteiger partial charge >= 0.3 is 12.0 Å². The Balaban J connectivity index is 1.96. The molecule has 0 saturated carbocycles. The second-order valence-corrected chi connectivity index (χ2v) is 6.94. The molecule has 24 heavy (non-hydrogen) atoms. The second kappa shape index (κ2) is 7.72. The van der Waals surface area contributed by atoms with Gasteiger partial charge in [-0.2, -0.15) is 11.8 Å². The van der Waals surface area contributed by atoms with Crippen LogP contribution in [0.5, 0.6) is 0 Å². The molecule has 0 aliphatic carbocycles. The molecule has 1 saturated heterocycles. The van der Waals surface area contributed by atoms with E-state index in [0.29, 0.717) is 17.8 Å². The predicted octanol–water partition coefficient (Wildman–Crippen LogP) is 1.52. The van der Waals surface area contributed by atoms with Crippen LogP contribution in [0.3, 0.4) is 0 Å². The first-order valence-corrected chi connectivity index (χ1v) is 9.08. The fourth-order valence-corrected chi connectivity index (χ4v) is 3.95. The smallest absolute Gasteiger partial charge is 0.338 e. The summed E-state index contributed by atoms with van der Waals surface area (Å²) in [5, 5.41) is 5.64. The van der Waals surface area contributed by atoms with E-state index in [-0.39, 0.29) is 6.03 Å². The SMILES string of the molecule is COC(=O)C1=C(CN2CCSCC2)NC(=O)N[C@@H]1c1ccccc1. The minimum absolute atomic E-state index is 0.294. The number of carbonyl (C=O) groups excluding carboxylic acids is 2. The molecule has 2 aliphatic heterocycles. The highest BCUT2D eigenvalue weighted by Gasteiger charge is 2.34. The lowest BCUT2D eigenvalue weighted by Crippen LogP contribution is -2.49. The predicted molar refractivity (Wildman–Crippen MR) is 93.7 cm³/mol. The number of methoxy groups -OCH3 is 1. The molecule has 6 nitrogen and oxygen atoms in total. The lowest BCUT2D eigenvalue weighted by Gasteiger charge is -2.33. The van der Waals surface area contributed by atoms with Gasteiger partial charge in [0.1, 0.15) is 0 Å². The average Bonchev–Trinajstić information content (AvgIpc) is 2.62. The van der Waals surface area contributed by atoms with Gasteiger partial charge in [0.25, 0.3) is 0 Å². The number of rotatable bonds is 4. The number of benzene rings is 1. The zero-order valence-corrected chi connectivity index (χ0v) is 14.4. The summed E-state index contributed by atoms with van der Waals surface area (Å²) in [6.07, 6.45) is 0. The maximum Gasteiger partial charge on any atom is 0.338 e. The van der Waals surface area contributed by atoms with Crippen LogP contribution in [0.15, 0.2) is 41.6 Å². The third-order valence-electron chi connectivity index (χ3n) is 4.18. The van der Waals surface area contributed by atoms with E-state index in [1.165, 1.54) is 7.11 Å². The normalized spacial score (nSPS) is 21.9. The second-order valence-electron chi connectivity index (χ2n) is 5.71. The molecule has 1 atom stereocenters. The van der Waals surface area contributed by atoms with Crippen LogP contribution >= 0.6 is 11.8 Å². The van der Waals surface area contributed by atoms with Crippen LogP contribution < -0.4 is 10.6 Å². The Kier molecular flexibility index (Phi) is 5.42. The Bertz CT molecular complexity index is 642. The Morgan fingerprint density at radius 3 is 2.67 bits per heavy atom. The molecule has 1 aromatic carbocycles. The van der Waals surface area contributed by atoms with Gasteiger partial charge in [-0.05, 0) is 5.56 Å². The zero-order valence-electron chi connectivity index (χ0n) is 13.6. The van der Waals surface area contributed by atoms with Gasteiger partial charge in [-0.1, -0.05) is 30.3 Å². The molecule has 2 N–H and O–H groups in total. The maximum absolute atomic E-state index is 12.4. The van der Waals surface area contributed by atoms with E-state index in [4.69, 9.17) is 4.74 Å². The van der Waals surface area contributed by atoms with Crippen molar-refractivity contribution in [3.8, 4) is 0 Å². The molecule has 7 heteroatoms. The molecular weight excluding hydrogens is 326 g/mol. The summed E-state index contributed by atoms with van der Waals surface area (Å²) >= 11 is 1.92. The van der Waals surface area contributed by atoms with Gasteiger partial charge in [-0.3, -0.25) is 4.90 Å². The Morgan fingerprint density at radius 1 is 1.29 bits per heavy atom. The third kappa shape index (κ3) is 3.73. The molecule has 1 fully saturated rings. The fourth-order valence-electron chi connectivity index (χ4n) is 2.97. The van der Waals surface area contributed by atoms with Crippen molar-refractivity contribution in [1.82, 2.24) is 15.5 Å². The molecule has 2 amide bonds. The molecule has 0 spiro atoms. The number of ether oxygens (including phenoxy) is 1. The van der Waals surface area contributed by atoms with Gasteiger partial charge in [0.2, 0.25) is 0 Å². The molecule has 3 rings (SSSR count). The number of nitrogens with zero attached hydrogens (tertiary/aromatic N) is 1. The van der Waals surface area contributed by atoms with Crippen molar-refractivity contribution in [3.05, 3.63) is 47.2 Å². The molecular formula is C17H21N3O3S. The lowest BCUT2D eigenvalue weighted by atomic mass is 9.95. The van der Waals surface area contributed by atoms with Gasteiger partial charge in [-0.15, -0.1) is 0 Å². The molecule has 0 radical (unpaired) electrons. The molecule has 0 unspecified atom stereocenters. The molecule has 0 bridgehead atoms. The van der Waals surface area contributed by atoms with Gasteiger partial charge in [-0.25, -0.2) is 9.59 Å². The lowest BCUT2D eigenvalue weighted by molar-refractivity contribution is -0.136. The third-order valence-corrected chi connectivity index (χ3v) is 5.12. The number of nitrogens with one attached hydrogen (secondary N) is 2. The van der Waals surface area contributed by atoms with Gasteiger partial charge in [0.05, 0.1) is 18.7 Å². The van der Waals surface area contributed by atoms with Crippen molar-refractivity contribution in [1.29, 1.82) is 0 Å². The number of urea groups is 1. The Morgan fingerprint density at radius 2 is 2.00 bits per heavy atom. The van der Waals surface area contributed by atoms with Crippen LogP contribution in [0.2, 0.25) is 0 Å². The molecule has 2 aliphatic rings. The van der Waals surface area contributed by atoms with Crippen molar-refractivity contribution in [2.24, 2.45) is 0 Å². The van der Waals surface area contributed by atoms with E-state index < -0.39 is 12.0 Å². The fraction of sp³-hybridized carbons (Fsp3) is 0.412. The van der Waals surface area contributed by atoms with Gasteiger partial charge in [0, 0.05) is 36.8 Å². The van der Waals surface area contributed by atoms with Crippen LogP contribution in [0.1, 0.15) is 11.6 Å². The minimum atomic E-state index is -0.499. The first-order chi connectivity index (χ1) is 11.7. The average molecular weight is 347 g/mol. The number of amides is 2. The highest BCUT2D eigenvalue weighted by molar-refractivity contribution is 7.99. The molecule has 1 aromatic rings. The van der Waals surface area contributed by atoms with Crippen molar-refractivity contribution >= 4 is 23.8 Å². The highest BCUT2D eigenvalue weighted by Crippen LogP contribution is 2.28. The minimum Gasteiger partial charge on any atom is -0.466 e.